The summed E-state index contributed by atoms with van der Waals surface area (Å²) in [7, 11) is -3.58. The van der Waals surface area contributed by atoms with Gasteiger partial charge in [-0.3, -0.25) is 4.90 Å². The van der Waals surface area contributed by atoms with Crippen LogP contribution in [0, 0.1) is 5.82 Å². The highest BCUT2D eigenvalue weighted by Crippen LogP contribution is 2.33. The third-order valence-corrected chi connectivity index (χ3v) is 6.71. The van der Waals surface area contributed by atoms with Crippen LogP contribution in [0.1, 0.15) is 17.5 Å². The predicted molar refractivity (Wildman–Crippen MR) is 98.1 cm³/mol. The number of carbonyl (C=O) groups is 1. The lowest BCUT2D eigenvalue weighted by Crippen LogP contribution is -2.42. The second kappa shape index (κ2) is 6.94. The quantitative estimate of drug-likeness (QED) is 0.808. The molecular weight excluding hydrogens is 371 g/mol. The Morgan fingerprint density at radius 3 is 2.70 bits per heavy atom. The van der Waals surface area contributed by atoms with Gasteiger partial charge in [0.15, 0.2) is 0 Å². The van der Waals surface area contributed by atoms with Gasteiger partial charge in [0.2, 0.25) is 10.0 Å². The molecule has 1 saturated heterocycles. The van der Waals surface area contributed by atoms with Crippen LogP contribution in [0.5, 0.6) is 0 Å². The van der Waals surface area contributed by atoms with Crippen LogP contribution in [-0.4, -0.2) is 38.0 Å². The number of hydrogen-bond acceptors (Lipinski definition) is 4. The Labute approximate surface area is 157 Å². The smallest absolute Gasteiger partial charge is 0.414 e. The Morgan fingerprint density at radius 2 is 1.93 bits per heavy atom. The summed E-state index contributed by atoms with van der Waals surface area (Å²) in [6, 6.07) is 12.7. The van der Waals surface area contributed by atoms with E-state index in [1.165, 1.54) is 27.4 Å². The van der Waals surface area contributed by atoms with Crippen LogP contribution in [0.4, 0.5) is 14.9 Å². The first-order valence-corrected chi connectivity index (χ1v) is 10.3. The first-order chi connectivity index (χ1) is 12.9. The molecular formula is C19H19FN2O4S. The number of halogens is 1. The van der Waals surface area contributed by atoms with Crippen molar-refractivity contribution in [2.75, 3.05) is 18.1 Å². The summed E-state index contributed by atoms with van der Waals surface area (Å²) in [4.78, 5) is 13.6. The minimum absolute atomic E-state index is 0.0846. The fourth-order valence-corrected chi connectivity index (χ4v) is 5.05. The first-order valence-electron chi connectivity index (χ1n) is 8.70. The molecule has 0 unspecified atom stereocenters. The van der Waals surface area contributed by atoms with Crippen LogP contribution < -0.4 is 4.90 Å². The van der Waals surface area contributed by atoms with Crippen molar-refractivity contribution in [2.24, 2.45) is 0 Å². The van der Waals surface area contributed by atoms with E-state index < -0.39 is 21.9 Å². The Balaban J connectivity index is 1.69. The Hall–Kier alpha value is -2.45. The van der Waals surface area contributed by atoms with Gasteiger partial charge >= 0.3 is 6.09 Å². The maximum absolute atomic E-state index is 13.8. The van der Waals surface area contributed by atoms with Crippen LogP contribution in [0.2, 0.25) is 0 Å². The summed E-state index contributed by atoms with van der Waals surface area (Å²) in [5.74, 6) is -0.583. The number of sulfonamides is 1. The Bertz CT molecular complexity index is 965. The van der Waals surface area contributed by atoms with Crippen LogP contribution in [-0.2, 0) is 27.1 Å². The lowest BCUT2D eigenvalue weighted by atomic mass is 10.1. The number of rotatable bonds is 3. The monoisotopic (exact) mass is 390 g/mol. The zero-order valence-electron chi connectivity index (χ0n) is 14.5. The number of ether oxygens (including phenoxy) is 1. The zero-order valence-corrected chi connectivity index (χ0v) is 15.4. The molecule has 1 fully saturated rings. The number of fused-ring (bicyclic) bond motifs is 3. The van der Waals surface area contributed by atoms with E-state index >= 15 is 0 Å². The number of amides is 1. The lowest BCUT2D eigenvalue weighted by molar-refractivity contribution is 0.178. The van der Waals surface area contributed by atoms with E-state index in [0.717, 1.165) is 0 Å². The average molecular weight is 390 g/mol. The SMILES string of the molecule is O=C1OC[C@@H]2CCN(S(=O)(=O)Cc3ccccc3)Cc3ccc(F)cc3N12. The fraction of sp³-hybridized carbons (Fsp3) is 0.316. The van der Waals surface area contributed by atoms with Crippen molar-refractivity contribution in [3.8, 4) is 0 Å². The van der Waals surface area contributed by atoms with Gasteiger partial charge in [-0.25, -0.2) is 17.6 Å². The summed E-state index contributed by atoms with van der Waals surface area (Å²) in [6.07, 6.45) is -0.0946. The molecule has 0 bridgehead atoms. The predicted octanol–water partition coefficient (Wildman–Crippen LogP) is 2.89. The normalized spacial score (nSPS) is 20.4. The van der Waals surface area contributed by atoms with Crippen LogP contribution in [0.25, 0.3) is 0 Å². The van der Waals surface area contributed by atoms with Gasteiger partial charge in [0.05, 0.1) is 17.5 Å². The molecule has 2 aromatic carbocycles. The van der Waals surface area contributed by atoms with Crippen molar-refractivity contribution in [3.05, 3.63) is 65.5 Å². The Morgan fingerprint density at radius 1 is 1.15 bits per heavy atom. The van der Waals surface area contributed by atoms with Gasteiger partial charge < -0.3 is 4.74 Å². The molecule has 4 rings (SSSR count). The van der Waals surface area contributed by atoms with E-state index in [4.69, 9.17) is 4.74 Å². The molecule has 1 amide bonds. The molecule has 2 heterocycles. The van der Waals surface area contributed by atoms with E-state index in [-0.39, 0.29) is 31.5 Å². The van der Waals surface area contributed by atoms with Crippen molar-refractivity contribution < 1.29 is 22.3 Å². The largest absolute Gasteiger partial charge is 0.447 e. The fourth-order valence-electron chi connectivity index (χ4n) is 3.54. The van der Waals surface area contributed by atoms with Gasteiger partial charge in [-0.1, -0.05) is 36.4 Å². The minimum Gasteiger partial charge on any atom is -0.447 e. The molecule has 0 saturated carbocycles. The average Bonchev–Trinajstić information content (AvgIpc) is 2.98. The highest BCUT2D eigenvalue weighted by atomic mass is 32.2. The summed E-state index contributed by atoms with van der Waals surface area (Å²) < 4.78 is 46.3. The van der Waals surface area contributed by atoms with Gasteiger partial charge in [-0.2, -0.15) is 4.31 Å². The molecule has 0 aliphatic carbocycles. The maximum atomic E-state index is 13.8. The molecule has 2 aromatic rings. The van der Waals surface area contributed by atoms with Gasteiger partial charge in [0, 0.05) is 13.1 Å². The third kappa shape index (κ3) is 3.54. The number of hydrogen-bond donors (Lipinski definition) is 0. The summed E-state index contributed by atoms with van der Waals surface area (Å²) >= 11 is 0. The highest BCUT2D eigenvalue weighted by molar-refractivity contribution is 7.88. The van der Waals surface area contributed by atoms with E-state index in [1.807, 2.05) is 6.07 Å². The van der Waals surface area contributed by atoms with E-state index in [1.54, 1.807) is 24.3 Å². The lowest BCUT2D eigenvalue weighted by Gasteiger charge is -2.31. The van der Waals surface area contributed by atoms with Crippen LogP contribution in [0.3, 0.4) is 0 Å². The second-order valence-corrected chi connectivity index (χ2v) is 8.71. The number of cyclic esters (lactones) is 1. The van der Waals surface area contributed by atoms with E-state index in [2.05, 4.69) is 0 Å². The molecule has 2 aliphatic heterocycles. The third-order valence-electron chi connectivity index (χ3n) is 4.91. The van der Waals surface area contributed by atoms with Gasteiger partial charge in [-0.05, 0) is 29.7 Å². The summed E-state index contributed by atoms with van der Waals surface area (Å²) in [6.45, 7) is 0.520. The van der Waals surface area contributed by atoms with Crippen molar-refractivity contribution in [2.45, 2.75) is 24.8 Å². The topological polar surface area (TPSA) is 66.9 Å². The molecule has 0 aromatic heterocycles. The molecule has 27 heavy (non-hydrogen) atoms. The molecule has 1 atom stereocenters. The van der Waals surface area contributed by atoms with Crippen LogP contribution >= 0.6 is 0 Å². The van der Waals surface area contributed by atoms with Gasteiger partial charge in [0.1, 0.15) is 12.4 Å². The van der Waals surface area contributed by atoms with Crippen molar-refractivity contribution in [1.82, 2.24) is 4.31 Å². The van der Waals surface area contributed by atoms with Gasteiger partial charge in [-0.15, -0.1) is 0 Å². The molecule has 6 nitrogen and oxygen atoms in total. The standard InChI is InChI=1S/C19H19FN2O4S/c20-16-7-6-15-11-21(27(24,25)13-14-4-2-1-3-5-14)9-8-17-12-26-19(23)22(17)18(15)10-16/h1-7,10,17H,8-9,11-13H2/t17-/m0/s1. The van der Waals surface area contributed by atoms with Crippen molar-refractivity contribution in [3.63, 3.8) is 0 Å². The Kier molecular flexibility index (Phi) is 4.61. The molecule has 0 spiro atoms. The van der Waals surface area contributed by atoms with E-state index in [9.17, 15) is 17.6 Å². The van der Waals surface area contributed by atoms with Crippen molar-refractivity contribution >= 4 is 21.8 Å². The van der Waals surface area contributed by atoms with Crippen molar-refractivity contribution in [1.29, 1.82) is 0 Å². The first kappa shape index (κ1) is 17.9. The maximum Gasteiger partial charge on any atom is 0.414 e. The minimum atomic E-state index is -3.58. The molecule has 0 N–H and O–H groups in total. The molecule has 8 heteroatoms. The molecule has 0 radical (unpaired) electrons. The highest BCUT2D eigenvalue weighted by Gasteiger charge is 2.38. The summed E-state index contributed by atoms with van der Waals surface area (Å²) in [5.41, 5.74) is 1.67. The summed E-state index contributed by atoms with van der Waals surface area (Å²) in [5, 5.41) is 0. The molecule has 142 valence electrons. The zero-order chi connectivity index (χ0) is 19.0. The number of nitrogens with zero attached hydrogens (tertiary/aromatic N) is 2. The van der Waals surface area contributed by atoms with Gasteiger partial charge in [0.25, 0.3) is 0 Å². The number of benzene rings is 2. The number of anilines is 1. The second-order valence-electron chi connectivity index (χ2n) is 6.74. The van der Waals surface area contributed by atoms with Crippen LogP contribution in [0.15, 0.2) is 48.5 Å². The molecule has 2 aliphatic rings. The van der Waals surface area contributed by atoms with E-state index in [0.29, 0.717) is 23.2 Å². The number of carbonyl (C=O) groups excluding carboxylic acids is 1.